The van der Waals surface area contributed by atoms with Crippen LogP contribution in [0.1, 0.15) is 6.92 Å². The van der Waals surface area contributed by atoms with Crippen LogP contribution >= 0.6 is 0 Å². The SMILES string of the molecule is CC(=O)C=Nc1c(NC2O[C@H](CO)[C@@H](O)[C@H]2O)[nH]c(=O)[nH]c1=O. The Labute approximate surface area is 128 Å². The number of aliphatic hydroxyl groups is 3. The molecule has 23 heavy (non-hydrogen) atoms. The molecule has 1 aliphatic heterocycles. The first-order valence-electron chi connectivity index (χ1n) is 6.63. The van der Waals surface area contributed by atoms with Crippen LogP contribution in [-0.2, 0) is 9.53 Å². The van der Waals surface area contributed by atoms with E-state index >= 15 is 0 Å². The highest BCUT2D eigenvalue weighted by molar-refractivity contribution is 6.26. The number of ketones is 1. The number of nitrogens with zero attached hydrogens (tertiary/aromatic N) is 1. The van der Waals surface area contributed by atoms with Gasteiger partial charge >= 0.3 is 5.69 Å². The van der Waals surface area contributed by atoms with E-state index in [9.17, 15) is 24.6 Å². The predicted molar refractivity (Wildman–Crippen MR) is 77.9 cm³/mol. The monoisotopic (exact) mass is 328 g/mol. The molecule has 0 bridgehead atoms. The molecule has 0 aliphatic carbocycles. The second kappa shape index (κ2) is 6.83. The van der Waals surface area contributed by atoms with Crippen LogP contribution in [0.25, 0.3) is 0 Å². The predicted octanol–water partition coefficient (Wildman–Crippen LogP) is -2.79. The van der Waals surface area contributed by atoms with Gasteiger partial charge in [-0.25, -0.2) is 9.79 Å². The van der Waals surface area contributed by atoms with E-state index in [0.717, 1.165) is 6.21 Å². The van der Waals surface area contributed by atoms with Crippen molar-refractivity contribution in [3.8, 4) is 0 Å². The molecule has 1 aromatic rings. The molecule has 0 radical (unpaired) electrons. The summed E-state index contributed by atoms with van der Waals surface area (Å²) in [6, 6.07) is 0. The number of hydrogen-bond acceptors (Lipinski definition) is 9. The van der Waals surface area contributed by atoms with Gasteiger partial charge in [-0.15, -0.1) is 0 Å². The number of nitrogens with one attached hydrogen (secondary N) is 3. The Bertz CT molecular complexity index is 725. The summed E-state index contributed by atoms with van der Waals surface area (Å²) in [6.07, 6.45) is -4.12. The smallest absolute Gasteiger partial charge is 0.327 e. The highest BCUT2D eigenvalue weighted by Crippen LogP contribution is 2.24. The highest BCUT2D eigenvalue weighted by Gasteiger charge is 2.42. The highest BCUT2D eigenvalue weighted by atomic mass is 16.6. The number of aromatic amines is 2. The molecule has 0 saturated carbocycles. The van der Waals surface area contributed by atoms with E-state index in [1.807, 2.05) is 4.98 Å². The Hall–Kier alpha value is -2.34. The average Bonchev–Trinajstić information content (AvgIpc) is 2.73. The molecule has 0 spiro atoms. The standard InChI is InChI=1S/C12H16N4O7/c1-4(18)2-13-6-9(15-12(22)16-10(6)21)14-11-8(20)7(19)5(3-17)23-11/h2,5,7-8,11,17,19-20H,3H2,1H3,(H3,14,15,16,21,22)/t5-,7-,8-,11?/m1/s1. The lowest BCUT2D eigenvalue weighted by atomic mass is 10.1. The lowest BCUT2D eigenvalue weighted by Gasteiger charge is -2.17. The van der Waals surface area contributed by atoms with Gasteiger partial charge in [-0.3, -0.25) is 19.6 Å². The fourth-order valence-corrected chi connectivity index (χ4v) is 2.02. The van der Waals surface area contributed by atoms with Crippen LogP contribution in [0.2, 0.25) is 0 Å². The van der Waals surface area contributed by atoms with Gasteiger partial charge in [0, 0.05) is 6.92 Å². The van der Waals surface area contributed by atoms with Crippen LogP contribution in [-0.4, -0.2) is 68.4 Å². The van der Waals surface area contributed by atoms with Crippen LogP contribution in [0.4, 0.5) is 11.5 Å². The van der Waals surface area contributed by atoms with E-state index in [1.54, 1.807) is 0 Å². The van der Waals surface area contributed by atoms with Crippen LogP contribution in [0.3, 0.4) is 0 Å². The Balaban J connectivity index is 2.34. The summed E-state index contributed by atoms with van der Waals surface area (Å²) in [7, 11) is 0. The van der Waals surface area contributed by atoms with E-state index in [1.165, 1.54) is 6.92 Å². The summed E-state index contributed by atoms with van der Waals surface area (Å²) in [5.74, 6) is -0.624. The number of rotatable bonds is 5. The number of carbonyl (C=O) groups excluding carboxylic acids is 1. The van der Waals surface area contributed by atoms with Crippen LogP contribution < -0.4 is 16.6 Å². The number of aliphatic hydroxyl groups excluding tert-OH is 3. The van der Waals surface area contributed by atoms with Gasteiger partial charge in [-0.05, 0) is 0 Å². The summed E-state index contributed by atoms with van der Waals surface area (Å²) >= 11 is 0. The maximum absolute atomic E-state index is 11.8. The maximum atomic E-state index is 11.8. The van der Waals surface area contributed by atoms with Gasteiger partial charge in [0.15, 0.2) is 17.7 Å². The van der Waals surface area contributed by atoms with Crippen molar-refractivity contribution in [1.29, 1.82) is 0 Å². The van der Waals surface area contributed by atoms with Gasteiger partial charge in [0.1, 0.15) is 24.1 Å². The molecule has 126 valence electrons. The minimum atomic E-state index is -1.42. The fraction of sp³-hybridized carbons (Fsp3) is 0.500. The Morgan fingerprint density at radius 2 is 2.04 bits per heavy atom. The number of Topliss-reactive ketones (excluding diaryl/α,β-unsaturated/α-hetero) is 1. The zero-order valence-corrected chi connectivity index (χ0v) is 12.0. The number of carbonyl (C=O) groups is 1. The third-order valence-electron chi connectivity index (χ3n) is 3.12. The molecule has 1 saturated heterocycles. The average molecular weight is 328 g/mol. The molecule has 2 heterocycles. The molecule has 1 unspecified atom stereocenters. The summed E-state index contributed by atoms with van der Waals surface area (Å²) in [5.41, 5.74) is -2.01. The van der Waals surface area contributed by atoms with Gasteiger partial charge in [0.2, 0.25) is 0 Å². The molecular formula is C12H16N4O7. The van der Waals surface area contributed by atoms with E-state index in [0.29, 0.717) is 0 Å². The van der Waals surface area contributed by atoms with Crippen molar-refractivity contribution in [2.24, 2.45) is 4.99 Å². The number of ether oxygens (including phenoxy) is 1. The van der Waals surface area contributed by atoms with Crippen molar-refractivity contribution < 1.29 is 24.9 Å². The molecule has 6 N–H and O–H groups in total. The Morgan fingerprint density at radius 3 is 2.61 bits per heavy atom. The van der Waals surface area contributed by atoms with E-state index in [4.69, 9.17) is 9.84 Å². The molecule has 11 heteroatoms. The van der Waals surface area contributed by atoms with Crippen molar-refractivity contribution in [3.05, 3.63) is 20.8 Å². The molecule has 11 nitrogen and oxygen atoms in total. The first-order valence-corrected chi connectivity index (χ1v) is 6.63. The third-order valence-corrected chi connectivity index (χ3v) is 3.12. The zero-order chi connectivity index (χ0) is 17.1. The largest absolute Gasteiger partial charge is 0.394 e. The Morgan fingerprint density at radius 1 is 1.35 bits per heavy atom. The second-order valence-electron chi connectivity index (χ2n) is 4.90. The van der Waals surface area contributed by atoms with Crippen LogP contribution in [0.5, 0.6) is 0 Å². The molecular weight excluding hydrogens is 312 g/mol. The van der Waals surface area contributed by atoms with Gasteiger partial charge in [0.05, 0.1) is 12.8 Å². The molecule has 0 amide bonds. The first-order chi connectivity index (χ1) is 10.8. The number of aromatic nitrogens is 2. The molecule has 2 rings (SSSR count). The summed E-state index contributed by atoms with van der Waals surface area (Å²) < 4.78 is 5.19. The topological polar surface area (TPSA) is 177 Å². The Kier molecular flexibility index (Phi) is 5.05. The van der Waals surface area contributed by atoms with E-state index in [-0.39, 0.29) is 11.5 Å². The third kappa shape index (κ3) is 3.71. The zero-order valence-electron chi connectivity index (χ0n) is 12.0. The summed E-state index contributed by atoms with van der Waals surface area (Å²) in [5, 5.41) is 31.1. The minimum Gasteiger partial charge on any atom is -0.394 e. The quantitative estimate of drug-likeness (QED) is 0.314. The number of aliphatic imine (C=N–C) groups is 1. The normalized spacial score (nSPS) is 27.5. The number of hydrogen-bond donors (Lipinski definition) is 6. The summed E-state index contributed by atoms with van der Waals surface area (Å²) in [4.78, 5) is 42.0. The van der Waals surface area contributed by atoms with E-state index < -0.39 is 48.2 Å². The van der Waals surface area contributed by atoms with Crippen molar-refractivity contribution >= 4 is 23.5 Å². The van der Waals surface area contributed by atoms with Gasteiger partial charge < -0.3 is 25.4 Å². The van der Waals surface area contributed by atoms with Gasteiger partial charge in [0.25, 0.3) is 5.56 Å². The minimum absolute atomic E-state index is 0.203. The number of anilines is 1. The first kappa shape index (κ1) is 17.0. The lowest BCUT2D eigenvalue weighted by molar-refractivity contribution is -0.110. The lowest BCUT2D eigenvalue weighted by Crippen LogP contribution is -2.37. The molecule has 4 atom stereocenters. The molecule has 1 aromatic heterocycles. The fourth-order valence-electron chi connectivity index (χ4n) is 2.02. The van der Waals surface area contributed by atoms with Gasteiger partial charge in [-0.2, -0.15) is 0 Å². The van der Waals surface area contributed by atoms with Crippen molar-refractivity contribution in [2.45, 2.75) is 31.5 Å². The molecule has 0 aromatic carbocycles. The maximum Gasteiger partial charge on any atom is 0.327 e. The second-order valence-corrected chi connectivity index (χ2v) is 4.90. The van der Waals surface area contributed by atoms with E-state index in [2.05, 4.69) is 15.3 Å². The number of H-pyrrole nitrogens is 2. The van der Waals surface area contributed by atoms with Crippen LogP contribution in [0.15, 0.2) is 14.6 Å². The van der Waals surface area contributed by atoms with Crippen molar-refractivity contribution in [3.63, 3.8) is 0 Å². The molecule has 1 fully saturated rings. The van der Waals surface area contributed by atoms with Crippen molar-refractivity contribution in [2.75, 3.05) is 11.9 Å². The molecule has 1 aliphatic rings. The van der Waals surface area contributed by atoms with Crippen molar-refractivity contribution in [1.82, 2.24) is 9.97 Å². The van der Waals surface area contributed by atoms with Gasteiger partial charge in [-0.1, -0.05) is 0 Å². The van der Waals surface area contributed by atoms with Crippen LogP contribution in [0, 0.1) is 0 Å². The summed E-state index contributed by atoms with van der Waals surface area (Å²) in [6.45, 7) is 0.695.